The Morgan fingerprint density at radius 2 is 1.72 bits per heavy atom. The maximum atomic E-state index is 13.0. The smallest absolute Gasteiger partial charge is 0.254 e. The van der Waals surface area contributed by atoms with Gasteiger partial charge in [0.2, 0.25) is 11.8 Å². The van der Waals surface area contributed by atoms with E-state index in [9.17, 15) is 4.79 Å². The van der Waals surface area contributed by atoms with Gasteiger partial charge >= 0.3 is 0 Å². The molecule has 0 radical (unpaired) electrons. The molecule has 1 aromatic heterocycles. The quantitative estimate of drug-likeness (QED) is 0.858. The van der Waals surface area contributed by atoms with Crippen LogP contribution in [-0.2, 0) is 0 Å². The lowest BCUT2D eigenvalue weighted by Gasteiger charge is -2.35. The molecule has 0 bridgehead atoms. The van der Waals surface area contributed by atoms with Gasteiger partial charge in [-0.15, -0.1) is 0 Å². The summed E-state index contributed by atoms with van der Waals surface area (Å²) in [4.78, 5) is 25.6. The second-order valence-corrected chi connectivity index (χ2v) is 6.45. The van der Waals surface area contributed by atoms with Crippen LogP contribution in [0.5, 0.6) is 5.88 Å². The maximum Gasteiger partial charge on any atom is 0.254 e. The lowest BCUT2D eigenvalue weighted by atomic mass is 9.98. The van der Waals surface area contributed by atoms with Gasteiger partial charge in [-0.1, -0.05) is 17.7 Å². The van der Waals surface area contributed by atoms with Gasteiger partial charge < -0.3 is 14.5 Å². The van der Waals surface area contributed by atoms with Gasteiger partial charge in [0.1, 0.15) is 0 Å². The van der Waals surface area contributed by atoms with E-state index in [2.05, 4.69) is 33.9 Å². The zero-order valence-electron chi connectivity index (χ0n) is 15.2. The number of ether oxygens (including phenoxy) is 1. The van der Waals surface area contributed by atoms with Gasteiger partial charge in [0.15, 0.2) is 0 Å². The van der Waals surface area contributed by atoms with E-state index in [1.54, 1.807) is 19.4 Å². The zero-order chi connectivity index (χ0) is 18.0. The molecule has 1 fully saturated rings. The molecule has 1 amide bonds. The number of aryl methyl sites for hydroxylation is 3. The Hall–Kier alpha value is -2.63. The van der Waals surface area contributed by atoms with E-state index in [0.29, 0.717) is 38.0 Å². The van der Waals surface area contributed by atoms with E-state index < -0.39 is 0 Å². The average Bonchev–Trinajstić information content (AvgIpc) is 2.61. The van der Waals surface area contributed by atoms with Crippen LogP contribution in [-0.4, -0.2) is 54.1 Å². The summed E-state index contributed by atoms with van der Waals surface area (Å²) in [7, 11) is 1.59. The van der Waals surface area contributed by atoms with Crippen LogP contribution in [0.3, 0.4) is 0 Å². The molecule has 1 saturated heterocycles. The predicted molar refractivity (Wildman–Crippen MR) is 97.4 cm³/mol. The molecule has 2 aromatic rings. The number of anilines is 1. The first kappa shape index (κ1) is 17.2. The number of methoxy groups -OCH3 is 1. The lowest BCUT2D eigenvalue weighted by Crippen LogP contribution is -2.49. The van der Waals surface area contributed by atoms with Crippen molar-refractivity contribution in [1.82, 2.24) is 14.9 Å². The number of aromatic nitrogens is 2. The predicted octanol–water partition coefficient (Wildman–Crippen LogP) is 2.37. The third kappa shape index (κ3) is 3.57. The summed E-state index contributed by atoms with van der Waals surface area (Å²) in [6.45, 7) is 8.81. The molecule has 0 spiro atoms. The number of carbonyl (C=O) groups is 1. The fourth-order valence-electron chi connectivity index (χ4n) is 3.38. The molecule has 0 saturated carbocycles. The summed E-state index contributed by atoms with van der Waals surface area (Å²) in [5.41, 5.74) is 4.10. The van der Waals surface area contributed by atoms with Gasteiger partial charge in [-0.25, -0.2) is 4.98 Å². The molecule has 2 heterocycles. The highest BCUT2D eigenvalue weighted by Crippen LogP contribution is 2.20. The molecule has 1 aliphatic heterocycles. The van der Waals surface area contributed by atoms with Gasteiger partial charge in [-0.2, -0.15) is 4.98 Å². The number of hydrogen-bond donors (Lipinski definition) is 0. The lowest BCUT2D eigenvalue weighted by molar-refractivity contribution is 0.0744. The van der Waals surface area contributed by atoms with Crippen LogP contribution in [0.1, 0.15) is 27.0 Å². The molecule has 6 heteroatoms. The third-order valence-corrected chi connectivity index (χ3v) is 4.57. The second kappa shape index (κ2) is 7.09. The number of piperazine rings is 1. The molecule has 6 nitrogen and oxygen atoms in total. The molecular formula is C19H24N4O2. The van der Waals surface area contributed by atoms with E-state index in [1.165, 1.54) is 5.56 Å². The summed E-state index contributed by atoms with van der Waals surface area (Å²) in [5.74, 6) is 1.31. The number of benzene rings is 1. The van der Waals surface area contributed by atoms with E-state index in [-0.39, 0.29) is 5.91 Å². The minimum absolute atomic E-state index is 0.112. The van der Waals surface area contributed by atoms with Crippen molar-refractivity contribution in [1.29, 1.82) is 0 Å². The number of nitrogens with zero attached hydrogens (tertiary/aromatic N) is 4. The molecule has 1 aromatic carbocycles. The second-order valence-electron chi connectivity index (χ2n) is 6.45. The Balaban J connectivity index is 1.71. The van der Waals surface area contributed by atoms with E-state index in [4.69, 9.17) is 4.74 Å². The Bertz CT molecular complexity index is 760. The molecule has 0 aliphatic carbocycles. The SMILES string of the molecule is COc1ccnc(N2CCN(C(=O)c3c(C)cc(C)cc3C)CC2)n1. The van der Waals surface area contributed by atoms with Crippen molar-refractivity contribution in [3.8, 4) is 5.88 Å². The number of hydrogen-bond acceptors (Lipinski definition) is 5. The summed E-state index contributed by atoms with van der Waals surface area (Å²) in [5, 5.41) is 0. The third-order valence-electron chi connectivity index (χ3n) is 4.57. The van der Waals surface area contributed by atoms with Crippen molar-refractivity contribution < 1.29 is 9.53 Å². The summed E-state index contributed by atoms with van der Waals surface area (Å²) in [6, 6.07) is 5.87. The summed E-state index contributed by atoms with van der Waals surface area (Å²) < 4.78 is 5.16. The molecule has 0 N–H and O–H groups in total. The highest BCUT2D eigenvalue weighted by molar-refractivity contribution is 5.97. The summed E-state index contributed by atoms with van der Waals surface area (Å²) in [6.07, 6.45) is 1.69. The highest BCUT2D eigenvalue weighted by atomic mass is 16.5. The maximum absolute atomic E-state index is 13.0. The van der Waals surface area contributed by atoms with Crippen molar-refractivity contribution >= 4 is 11.9 Å². The largest absolute Gasteiger partial charge is 0.481 e. The highest BCUT2D eigenvalue weighted by Gasteiger charge is 2.25. The van der Waals surface area contributed by atoms with Crippen LogP contribution >= 0.6 is 0 Å². The number of rotatable bonds is 3. The Labute approximate surface area is 148 Å². The van der Waals surface area contributed by atoms with Gasteiger partial charge in [-0.3, -0.25) is 4.79 Å². The van der Waals surface area contributed by atoms with Gasteiger partial charge in [0.25, 0.3) is 5.91 Å². The first-order chi connectivity index (χ1) is 12.0. The van der Waals surface area contributed by atoms with Crippen LogP contribution in [0.25, 0.3) is 0 Å². The van der Waals surface area contributed by atoms with Crippen LogP contribution in [0.15, 0.2) is 24.4 Å². The number of amides is 1. The van der Waals surface area contributed by atoms with Crippen molar-refractivity contribution in [2.75, 3.05) is 38.2 Å². The molecule has 1 aliphatic rings. The molecule has 0 atom stereocenters. The van der Waals surface area contributed by atoms with Crippen molar-refractivity contribution in [3.63, 3.8) is 0 Å². The first-order valence-electron chi connectivity index (χ1n) is 8.48. The number of carbonyl (C=O) groups excluding carboxylic acids is 1. The van der Waals surface area contributed by atoms with Crippen LogP contribution < -0.4 is 9.64 Å². The van der Waals surface area contributed by atoms with Crippen LogP contribution in [0.2, 0.25) is 0 Å². The first-order valence-corrected chi connectivity index (χ1v) is 8.48. The van der Waals surface area contributed by atoms with Gasteiger partial charge in [-0.05, 0) is 31.9 Å². The monoisotopic (exact) mass is 340 g/mol. The van der Waals surface area contributed by atoms with E-state index >= 15 is 0 Å². The van der Waals surface area contributed by atoms with Crippen LogP contribution in [0.4, 0.5) is 5.95 Å². The minimum Gasteiger partial charge on any atom is -0.481 e. The normalized spacial score (nSPS) is 14.6. The fraction of sp³-hybridized carbons (Fsp3) is 0.421. The minimum atomic E-state index is 0.112. The van der Waals surface area contributed by atoms with E-state index in [1.807, 2.05) is 18.7 Å². The fourth-order valence-corrected chi connectivity index (χ4v) is 3.38. The molecule has 25 heavy (non-hydrogen) atoms. The van der Waals surface area contributed by atoms with Crippen LogP contribution in [0, 0.1) is 20.8 Å². The Kier molecular flexibility index (Phi) is 4.88. The summed E-state index contributed by atoms with van der Waals surface area (Å²) >= 11 is 0. The Morgan fingerprint density at radius 1 is 1.08 bits per heavy atom. The van der Waals surface area contributed by atoms with Crippen molar-refractivity contribution in [2.24, 2.45) is 0 Å². The molecule has 3 rings (SSSR count). The molecule has 132 valence electrons. The molecular weight excluding hydrogens is 316 g/mol. The topological polar surface area (TPSA) is 58.6 Å². The van der Waals surface area contributed by atoms with E-state index in [0.717, 1.165) is 16.7 Å². The standard InChI is InChI=1S/C19H24N4O2/c1-13-11-14(2)17(15(3)12-13)18(24)22-7-9-23(10-8-22)19-20-6-5-16(21-19)25-4/h5-6,11-12H,7-10H2,1-4H3. The van der Waals surface area contributed by atoms with Crippen molar-refractivity contribution in [3.05, 3.63) is 46.6 Å². The van der Waals surface area contributed by atoms with Gasteiger partial charge in [0.05, 0.1) is 7.11 Å². The van der Waals surface area contributed by atoms with Gasteiger partial charge in [0, 0.05) is 44.0 Å². The average molecular weight is 340 g/mol. The molecule has 0 unspecified atom stereocenters. The Morgan fingerprint density at radius 3 is 2.32 bits per heavy atom. The zero-order valence-corrected chi connectivity index (χ0v) is 15.2. The van der Waals surface area contributed by atoms with Crippen molar-refractivity contribution in [2.45, 2.75) is 20.8 Å².